The normalized spacial score (nSPS) is 19.4. The molecule has 156 valence electrons. The Kier molecular flexibility index (Phi) is 6.06. The summed E-state index contributed by atoms with van der Waals surface area (Å²) in [6.07, 6.45) is -8.18. The van der Waals surface area contributed by atoms with Gasteiger partial charge in [0.05, 0.1) is 24.9 Å². The Morgan fingerprint density at radius 3 is 2.62 bits per heavy atom. The Hall–Kier alpha value is -2.30. The van der Waals surface area contributed by atoms with Gasteiger partial charge in [-0.3, -0.25) is 0 Å². The van der Waals surface area contributed by atoms with Gasteiger partial charge in [0.2, 0.25) is 0 Å². The molecule has 0 aliphatic heterocycles. The Morgan fingerprint density at radius 1 is 1.31 bits per heavy atom. The molecular formula is C19H18BrF3N2O4. The van der Waals surface area contributed by atoms with Crippen LogP contribution in [0.25, 0.3) is 0 Å². The molecule has 0 heterocycles. The number of hydrogen-bond acceptors (Lipinski definition) is 4. The molecule has 0 bridgehead atoms. The molecule has 0 aromatic heterocycles. The van der Waals surface area contributed by atoms with E-state index in [2.05, 4.69) is 26.6 Å². The smallest absolute Gasteiger partial charge is 0.418 e. The number of benzene rings is 2. The summed E-state index contributed by atoms with van der Waals surface area (Å²) in [5.74, 6) is -0.316. The predicted octanol–water partition coefficient (Wildman–Crippen LogP) is 3.83. The first-order chi connectivity index (χ1) is 13.6. The van der Waals surface area contributed by atoms with Crippen LogP contribution in [-0.2, 0) is 6.42 Å². The number of anilines is 1. The van der Waals surface area contributed by atoms with Crippen molar-refractivity contribution in [3.63, 3.8) is 0 Å². The van der Waals surface area contributed by atoms with E-state index in [0.29, 0.717) is 12.0 Å². The van der Waals surface area contributed by atoms with E-state index in [0.717, 1.165) is 18.7 Å². The van der Waals surface area contributed by atoms with E-state index in [1.807, 2.05) is 12.1 Å². The van der Waals surface area contributed by atoms with Crippen molar-refractivity contribution in [3.8, 4) is 5.75 Å². The standard InChI is InChI=1S/C19H18BrF3N2O4/c1-29-16-12(17(27)19(21,22)23)7-10(20)8-14(16)25-18(28)24-13-6-9-4-2-3-5-11(9)15(13)26/h2-5,7-8,13,15,17,26-27H,6H2,1H3,(H2,24,25,28)/t13-,15+,17?/m1/s1. The Balaban J connectivity index is 1.80. The Bertz CT molecular complexity index is 923. The van der Waals surface area contributed by atoms with Gasteiger partial charge < -0.3 is 25.6 Å². The molecule has 3 atom stereocenters. The van der Waals surface area contributed by atoms with Crippen LogP contribution in [0.15, 0.2) is 40.9 Å². The maximum Gasteiger partial charge on any atom is 0.418 e. The van der Waals surface area contributed by atoms with Crippen molar-refractivity contribution in [1.82, 2.24) is 5.32 Å². The third-order valence-corrected chi connectivity index (χ3v) is 5.11. The van der Waals surface area contributed by atoms with Crippen molar-refractivity contribution in [2.24, 2.45) is 0 Å². The molecule has 1 aliphatic rings. The summed E-state index contributed by atoms with van der Waals surface area (Å²) in [6, 6.07) is 8.32. The van der Waals surface area contributed by atoms with Gasteiger partial charge in [-0.2, -0.15) is 13.2 Å². The molecule has 3 rings (SSSR count). The molecule has 0 radical (unpaired) electrons. The molecule has 2 amide bonds. The summed E-state index contributed by atoms with van der Waals surface area (Å²) < 4.78 is 44.1. The number of fused-ring (bicyclic) bond motifs is 1. The van der Waals surface area contributed by atoms with Crippen molar-refractivity contribution in [2.45, 2.75) is 30.8 Å². The summed E-state index contributed by atoms with van der Waals surface area (Å²) >= 11 is 3.07. The van der Waals surface area contributed by atoms with Crippen molar-refractivity contribution in [2.75, 3.05) is 12.4 Å². The molecule has 1 aliphatic carbocycles. The average molecular weight is 475 g/mol. The highest BCUT2D eigenvalue weighted by Gasteiger charge is 2.41. The van der Waals surface area contributed by atoms with Crippen molar-refractivity contribution in [3.05, 3.63) is 57.6 Å². The monoisotopic (exact) mass is 474 g/mol. The first-order valence-electron chi connectivity index (χ1n) is 8.57. The lowest BCUT2D eigenvalue weighted by Crippen LogP contribution is -2.40. The zero-order chi connectivity index (χ0) is 21.3. The maximum absolute atomic E-state index is 13.0. The number of aliphatic hydroxyl groups is 2. The van der Waals surface area contributed by atoms with E-state index in [9.17, 15) is 28.2 Å². The highest BCUT2D eigenvalue weighted by molar-refractivity contribution is 9.10. The van der Waals surface area contributed by atoms with Gasteiger partial charge in [-0.15, -0.1) is 0 Å². The number of hydrogen-bond donors (Lipinski definition) is 4. The van der Waals surface area contributed by atoms with Gasteiger partial charge in [-0.1, -0.05) is 40.2 Å². The van der Waals surface area contributed by atoms with E-state index < -0.39 is 36.0 Å². The predicted molar refractivity (Wildman–Crippen MR) is 103 cm³/mol. The van der Waals surface area contributed by atoms with Gasteiger partial charge >= 0.3 is 12.2 Å². The topological polar surface area (TPSA) is 90.8 Å². The fourth-order valence-corrected chi connectivity index (χ4v) is 3.82. The molecular weight excluding hydrogens is 457 g/mol. The Morgan fingerprint density at radius 2 is 2.00 bits per heavy atom. The second kappa shape index (κ2) is 8.21. The second-order valence-electron chi connectivity index (χ2n) is 6.57. The molecule has 4 N–H and O–H groups in total. The number of methoxy groups -OCH3 is 1. The number of urea groups is 1. The highest BCUT2D eigenvalue weighted by Crippen LogP contribution is 2.42. The lowest BCUT2D eigenvalue weighted by Gasteiger charge is -2.22. The lowest BCUT2D eigenvalue weighted by molar-refractivity contribution is -0.207. The van der Waals surface area contributed by atoms with E-state index in [1.54, 1.807) is 12.1 Å². The summed E-state index contributed by atoms with van der Waals surface area (Å²) in [5, 5.41) is 25.1. The summed E-state index contributed by atoms with van der Waals surface area (Å²) in [7, 11) is 1.14. The quantitative estimate of drug-likeness (QED) is 0.541. The van der Waals surface area contributed by atoms with E-state index >= 15 is 0 Å². The number of aliphatic hydroxyl groups excluding tert-OH is 2. The van der Waals surface area contributed by atoms with Crippen LogP contribution in [0.2, 0.25) is 0 Å². The highest BCUT2D eigenvalue weighted by atomic mass is 79.9. The molecule has 0 fully saturated rings. The van der Waals surface area contributed by atoms with Crippen LogP contribution in [0.5, 0.6) is 5.75 Å². The number of ether oxygens (including phenoxy) is 1. The zero-order valence-electron chi connectivity index (χ0n) is 15.1. The van der Waals surface area contributed by atoms with Gasteiger partial charge in [0.15, 0.2) is 6.10 Å². The number of amides is 2. The van der Waals surface area contributed by atoms with Crippen LogP contribution >= 0.6 is 15.9 Å². The van der Waals surface area contributed by atoms with Crippen LogP contribution in [-0.4, -0.2) is 35.6 Å². The molecule has 29 heavy (non-hydrogen) atoms. The van der Waals surface area contributed by atoms with E-state index in [1.165, 1.54) is 6.07 Å². The molecule has 6 nitrogen and oxygen atoms in total. The van der Waals surface area contributed by atoms with Crippen LogP contribution < -0.4 is 15.4 Å². The second-order valence-corrected chi connectivity index (χ2v) is 7.49. The van der Waals surface area contributed by atoms with Gasteiger partial charge in [0.1, 0.15) is 5.75 Å². The summed E-state index contributed by atoms with van der Waals surface area (Å²) in [6.45, 7) is 0. The maximum atomic E-state index is 13.0. The summed E-state index contributed by atoms with van der Waals surface area (Å²) in [4.78, 5) is 12.4. The number of rotatable bonds is 4. The summed E-state index contributed by atoms with van der Waals surface area (Å²) in [5.41, 5.74) is 1.01. The fraction of sp³-hybridized carbons (Fsp3) is 0.316. The molecule has 2 aromatic carbocycles. The number of alkyl halides is 3. The largest absolute Gasteiger partial charge is 0.494 e. The molecule has 10 heteroatoms. The van der Waals surface area contributed by atoms with Crippen molar-refractivity contribution >= 4 is 27.6 Å². The van der Waals surface area contributed by atoms with Crippen LogP contribution in [0, 0.1) is 0 Å². The van der Waals surface area contributed by atoms with Crippen LogP contribution in [0.3, 0.4) is 0 Å². The number of halogens is 4. The third kappa shape index (κ3) is 4.49. The van der Waals surface area contributed by atoms with Gasteiger partial charge in [0, 0.05) is 10.0 Å². The van der Waals surface area contributed by atoms with Crippen LogP contribution in [0.4, 0.5) is 23.7 Å². The molecule has 2 aromatic rings. The first-order valence-corrected chi connectivity index (χ1v) is 9.36. The Labute approximate surface area is 172 Å². The minimum Gasteiger partial charge on any atom is -0.494 e. The lowest BCUT2D eigenvalue weighted by atomic mass is 10.1. The van der Waals surface area contributed by atoms with Gasteiger partial charge in [-0.05, 0) is 29.7 Å². The first kappa shape index (κ1) is 21.4. The number of carbonyl (C=O) groups is 1. The molecule has 0 saturated heterocycles. The number of nitrogens with one attached hydrogen (secondary N) is 2. The minimum absolute atomic E-state index is 0.0670. The minimum atomic E-state index is -4.91. The van der Waals surface area contributed by atoms with E-state index in [4.69, 9.17) is 4.74 Å². The van der Waals surface area contributed by atoms with Crippen LogP contribution in [0.1, 0.15) is 28.9 Å². The molecule has 0 spiro atoms. The third-order valence-electron chi connectivity index (χ3n) is 4.65. The molecule has 1 unspecified atom stereocenters. The van der Waals surface area contributed by atoms with Gasteiger partial charge in [0.25, 0.3) is 0 Å². The fourth-order valence-electron chi connectivity index (χ4n) is 3.35. The number of carbonyl (C=O) groups excluding carboxylic acids is 1. The SMILES string of the molecule is COc1c(NC(=O)N[C@@H]2Cc3ccccc3[C@@H]2O)cc(Br)cc1C(O)C(F)(F)F. The molecule has 0 saturated carbocycles. The average Bonchev–Trinajstić information content (AvgIpc) is 2.95. The van der Waals surface area contributed by atoms with Crippen molar-refractivity contribution in [1.29, 1.82) is 0 Å². The van der Waals surface area contributed by atoms with Gasteiger partial charge in [-0.25, -0.2) is 4.79 Å². The van der Waals surface area contributed by atoms with Crippen molar-refractivity contribution < 1.29 is 32.9 Å². The zero-order valence-corrected chi connectivity index (χ0v) is 16.7. The van der Waals surface area contributed by atoms with E-state index in [-0.39, 0.29) is 15.9 Å².